The Hall–Kier alpha value is -3.06. The summed E-state index contributed by atoms with van der Waals surface area (Å²) >= 11 is 0. The van der Waals surface area contributed by atoms with E-state index in [9.17, 15) is 9.59 Å². The average molecular weight is 294 g/mol. The molecule has 0 heterocycles. The van der Waals surface area contributed by atoms with E-state index in [-0.39, 0.29) is 11.3 Å². The van der Waals surface area contributed by atoms with Gasteiger partial charge in [0.2, 0.25) is 5.78 Å². The van der Waals surface area contributed by atoms with Crippen LogP contribution in [0.1, 0.15) is 22.8 Å². The van der Waals surface area contributed by atoms with Crippen molar-refractivity contribution in [1.29, 1.82) is 0 Å². The maximum Gasteiger partial charge on any atom is 0.308 e. The van der Waals surface area contributed by atoms with Crippen LogP contribution in [0.25, 0.3) is 0 Å². The van der Waals surface area contributed by atoms with Gasteiger partial charge in [0.25, 0.3) is 0 Å². The van der Waals surface area contributed by atoms with E-state index in [1.165, 1.54) is 26.2 Å². The van der Waals surface area contributed by atoms with E-state index in [4.69, 9.17) is 9.47 Å². The maximum absolute atomic E-state index is 12.2. The van der Waals surface area contributed by atoms with Gasteiger partial charge in [-0.2, -0.15) is 0 Å². The third-order valence-corrected chi connectivity index (χ3v) is 2.78. The predicted octanol–water partition coefficient (Wildman–Crippen LogP) is 2.85. The fourth-order valence-corrected chi connectivity index (χ4v) is 1.77. The molecule has 0 atom stereocenters. The molecule has 0 bridgehead atoms. The van der Waals surface area contributed by atoms with Crippen LogP contribution in [0.5, 0.6) is 11.5 Å². The first-order valence-electron chi connectivity index (χ1n) is 6.58. The Morgan fingerprint density at radius 2 is 1.77 bits per heavy atom. The Morgan fingerprint density at radius 3 is 2.41 bits per heavy atom. The van der Waals surface area contributed by atoms with Crippen molar-refractivity contribution >= 4 is 11.8 Å². The summed E-state index contributed by atoms with van der Waals surface area (Å²) in [5.74, 6) is 5.01. The van der Waals surface area contributed by atoms with Crippen LogP contribution >= 0.6 is 0 Å². The normalized spacial score (nSPS) is 9.36. The van der Waals surface area contributed by atoms with Crippen molar-refractivity contribution in [1.82, 2.24) is 0 Å². The van der Waals surface area contributed by atoms with Gasteiger partial charge in [-0.05, 0) is 30.2 Å². The van der Waals surface area contributed by atoms with Gasteiger partial charge in [-0.1, -0.05) is 24.1 Å². The van der Waals surface area contributed by atoms with E-state index < -0.39 is 11.8 Å². The average Bonchev–Trinajstić information content (AvgIpc) is 2.53. The lowest BCUT2D eigenvalue weighted by atomic mass is 10.1. The molecule has 0 amide bonds. The molecule has 0 saturated heterocycles. The Bertz CT molecular complexity index is 752. The van der Waals surface area contributed by atoms with E-state index in [1.807, 2.05) is 18.2 Å². The molecule has 0 aliphatic carbocycles. The molecular weight excluding hydrogens is 280 g/mol. The summed E-state index contributed by atoms with van der Waals surface area (Å²) in [6.07, 6.45) is 0. The number of carbonyl (C=O) groups excluding carboxylic acids is 2. The molecule has 0 aromatic heterocycles. The molecule has 0 aliphatic heterocycles. The zero-order valence-electron chi connectivity index (χ0n) is 12.3. The number of esters is 1. The molecular formula is C18H14O4. The summed E-state index contributed by atoms with van der Waals surface area (Å²) < 4.78 is 10.1. The molecule has 0 N–H and O–H groups in total. The summed E-state index contributed by atoms with van der Waals surface area (Å²) in [5.41, 5.74) is 0.956. The number of hydrogen-bond acceptors (Lipinski definition) is 4. The monoisotopic (exact) mass is 294 g/mol. The second kappa shape index (κ2) is 7.09. The van der Waals surface area contributed by atoms with Crippen molar-refractivity contribution in [3.8, 4) is 23.3 Å². The molecule has 0 unspecified atom stereocenters. The number of rotatable bonds is 3. The minimum absolute atomic E-state index is 0.138. The third kappa shape index (κ3) is 3.97. The van der Waals surface area contributed by atoms with Crippen LogP contribution in [0, 0.1) is 11.8 Å². The van der Waals surface area contributed by atoms with E-state index in [0.29, 0.717) is 5.75 Å². The molecule has 4 heteroatoms. The zero-order valence-corrected chi connectivity index (χ0v) is 12.3. The molecule has 0 saturated carbocycles. The highest BCUT2D eigenvalue weighted by atomic mass is 16.5. The van der Waals surface area contributed by atoms with Crippen molar-refractivity contribution in [3.05, 3.63) is 59.7 Å². The van der Waals surface area contributed by atoms with Crippen molar-refractivity contribution in [2.75, 3.05) is 7.11 Å². The second-order valence-corrected chi connectivity index (χ2v) is 4.40. The molecule has 0 aliphatic rings. The maximum atomic E-state index is 12.2. The van der Waals surface area contributed by atoms with Crippen LogP contribution in [0.15, 0.2) is 48.5 Å². The quantitative estimate of drug-likeness (QED) is 0.378. The molecule has 0 fully saturated rings. The standard InChI is InChI=1S/C18H14O4/c1-13(19)22-18-12-15(21-2)9-10-16(18)17(20)11-8-14-6-4-3-5-7-14/h3-7,9-10,12H,1-2H3. The van der Waals surface area contributed by atoms with Crippen molar-refractivity contribution in [2.45, 2.75) is 6.92 Å². The van der Waals surface area contributed by atoms with Gasteiger partial charge in [-0.25, -0.2) is 0 Å². The highest BCUT2D eigenvalue weighted by molar-refractivity contribution is 6.11. The number of ether oxygens (including phenoxy) is 2. The van der Waals surface area contributed by atoms with Gasteiger partial charge in [0.15, 0.2) is 0 Å². The van der Waals surface area contributed by atoms with Crippen LogP contribution in [0.3, 0.4) is 0 Å². The van der Waals surface area contributed by atoms with Gasteiger partial charge in [0, 0.05) is 18.6 Å². The molecule has 110 valence electrons. The van der Waals surface area contributed by atoms with Gasteiger partial charge >= 0.3 is 5.97 Å². The first-order valence-corrected chi connectivity index (χ1v) is 6.58. The Balaban J connectivity index is 2.33. The summed E-state index contributed by atoms with van der Waals surface area (Å²) in [6, 6.07) is 13.8. The molecule has 22 heavy (non-hydrogen) atoms. The van der Waals surface area contributed by atoms with Crippen molar-refractivity contribution in [2.24, 2.45) is 0 Å². The van der Waals surface area contributed by atoms with Crippen LogP contribution in [-0.2, 0) is 4.79 Å². The van der Waals surface area contributed by atoms with E-state index in [0.717, 1.165) is 5.56 Å². The van der Waals surface area contributed by atoms with Crippen molar-refractivity contribution in [3.63, 3.8) is 0 Å². The Morgan fingerprint density at radius 1 is 1.05 bits per heavy atom. The van der Waals surface area contributed by atoms with Gasteiger partial charge < -0.3 is 9.47 Å². The number of benzene rings is 2. The molecule has 2 aromatic rings. The SMILES string of the molecule is COc1ccc(C(=O)C#Cc2ccccc2)c(OC(C)=O)c1. The Kier molecular flexibility index (Phi) is 4.94. The lowest BCUT2D eigenvalue weighted by molar-refractivity contribution is -0.131. The van der Waals surface area contributed by atoms with Gasteiger partial charge in [0.05, 0.1) is 12.7 Å². The van der Waals surface area contributed by atoms with Crippen LogP contribution in [0.4, 0.5) is 0 Å². The lowest BCUT2D eigenvalue weighted by Gasteiger charge is -2.07. The lowest BCUT2D eigenvalue weighted by Crippen LogP contribution is -2.07. The summed E-state index contributed by atoms with van der Waals surface area (Å²) in [6.45, 7) is 1.27. The largest absolute Gasteiger partial charge is 0.497 e. The summed E-state index contributed by atoms with van der Waals surface area (Å²) in [7, 11) is 1.49. The second-order valence-electron chi connectivity index (χ2n) is 4.40. The van der Waals surface area contributed by atoms with Gasteiger partial charge in [-0.3, -0.25) is 9.59 Å². The number of hydrogen-bond donors (Lipinski definition) is 0. The summed E-state index contributed by atoms with van der Waals surface area (Å²) in [4.78, 5) is 23.4. The van der Waals surface area contributed by atoms with E-state index in [2.05, 4.69) is 11.8 Å². The highest BCUT2D eigenvalue weighted by Crippen LogP contribution is 2.25. The Labute approximate surface area is 128 Å². The minimum Gasteiger partial charge on any atom is -0.497 e. The third-order valence-electron chi connectivity index (χ3n) is 2.78. The fourth-order valence-electron chi connectivity index (χ4n) is 1.77. The molecule has 0 radical (unpaired) electrons. The van der Waals surface area contributed by atoms with Crippen molar-refractivity contribution < 1.29 is 19.1 Å². The predicted molar refractivity (Wildman–Crippen MR) is 82.0 cm³/mol. The summed E-state index contributed by atoms with van der Waals surface area (Å²) in [5, 5.41) is 0. The fraction of sp³-hybridized carbons (Fsp3) is 0.111. The zero-order chi connectivity index (χ0) is 15.9. The van der Waals surface area contributed by atoms with Gasteiger partial charge in [0.1, 0.15) is 11.5 Å². The molecule has 2 rings (SSSR count). The van der Waals surface area contributed by atoms with Crippen LogP contribution in [0.2, 0.25) is 0 Å². The number of carbonyl (C=O) groups is 2. The molecule has 4 nitrogen and oxygen atoms in total. The number of ketones is 1. The van der Waals surface area contributed by atoms with E-state index >= 15 is 0 Å². The van der Waals surface area contributed by atoms with Gasteiger partial charge in [-0.15, -0.1) is 0 Å². The van der Waals surface area contributed by atoms with E-state index in [1.54, 1.807) is 18.2 Å². The molecule has 2 aromatic carbocycles. The number of methoxy groups -OCH3 is 1. The highest BCUT2D eigenvalue weighted by Gasteiger charge is 2.13. The first kappa shape index (κ1) is 15.3. The van der Waals surface area contributed by atoms with Crippen LogP contribution in [-0.4, -0.2) is 18.9 Å². The first-order chi connectivity index (χ1) is 10.6. The topological polar surface area (TPSA) is 52.6 Å². The van der Waals surface area contributed by atoms with Crippen LogP contribution < -0.4 is 9.47 Å². The number of Topliss-reactive ketones (excluding diaryl/α,β-unsaturated/α-hetero) is 1. The minimum atomic E-state index is -0.515. The smallest absolute Gasteiger partial charge is 0.308 e. The molecule has 0 spiro atoms.